The molecule has 0 amide bonds. The summed E-state index contributed by atoms with van der Waals surface area (Å²) in [5, 5.41) is 2.34. The maximum absolute atomic E-state index is 11.9. The van der Waals surface area contributed by atoms with E-state index in [0.29, 0.717) is 5.69 Å². The Kier molecular flexibility index (Phi) is 4.99. The van der Waals surface area contributed by atoms with E-state index in [1.165, 1.54) is 0 Å². The predicted octanol–water partition coefficient (Wildman–Crippen LogP) is 3.91. The molecule has 0 radical (unpaired) electrons. The third kappa shape index (κ3) is 5.30. The normalized spacial score (nSPS) is 11.5. The molecular weight excluding hydrogens is 235 g/mol. The highest BCUT2D eigenvalue weighted by Gasteiger charge is 2.26. The van der Waals surface area contributed by atoms with Gasteiger partial charge >= 0.3 is 6.18 Å². The number of rotatable bonds is 5. The maximum atomic E-state index is 11.9. The monoisotopic (exact) mass is 249 g/mol. The van der Waals surface area contributed by atoms with Crippen LogP contribution in [0.4, 0.5) is 18.9 Å². The molecule has 0 unspecified atom stereocenters. The molecule has 0 aliphatic carbocycles. The van der Waals surface area contributed by atoms with Crippen molar-refractivity contribution in [3.63, 3.8) is 0 Å². The molecule has 0 bridgehead atoms. The van der Waals surface area contributed by atoms with Crippen molar-refractivity contribution in [2.24, 2.45) is 0 Å². The summed E-state index contributed by atoms with van der Waals surface area (Å²) in [6, 6.07) is 7.05. The molecule has 16 heavy (non-hydrogen) atoms. The van der Waals surface area contributed by atoms with Crippen LogP contribution in [0.3, 0.4) is 0 Å². The van der Waals surface area contributed by atoms with Gasteiger partial charge in [0.15, 0.2) is 0 Å². The summed E-state index contributed by atoms with van der Waals surface area (Å²) in [5.41, 5.74) is 1.63. The van der Waals surface area contributed by atoms with E-state index < -0.39 is 12.7 Å². The van der Waals surface area contributed by atoms with Crippen LogP contribution in [0.25, 0.3) is 0 Å². The molecule has 0 heterocycles. The first-order valence-electron chi connectivity index (χ1n) is 4.98. The van der Waals surface area contributed by atoms with Crippen molar-refractivity contribution < 1.29 is 13.2 Å². The molecule has 1 rings (SSSR count). The number of benzene rings is 1. The van der Waals surface area contributed by atoms with Crippen LogP contribution in [0.5, 0.6) is 0 Å². The zero-order valence-corrected chi connectivity index (χ0v) is 9.79. The topological polar surface area (TPSA) is 12.0 Å². The minimum atomic E-state index is -4.17. The Morgan fingerprint density at radius 1 is 1.19 bits per heavy atom. The molecule has 0 fully saturated rings. The van der Waals surface area contributed by atoms with E-state index in [4.69, 9.17) is 0 Å². The Balaban J connectivity index is 2.45. The first kappa shape index (κ1) is 13.2. The van der Waals surface area contributed by atoms with Gasteiger partial charge in [0.2, 0.25) is 0 Å². The standard InChI is InChI=1S/C11H14F3NS/c1-2-16-7-9-3-5-10(6-4-9)15-8-11(12,13)14/h3-6,15H,2,7-8H2,1H3. The number of alkyl halides is 3. The second kappa shape index (κ2) is 6.03. The van der Waals surface area contributed by atoms with Gasteiger partial charge in [0.25, 0.3) is 0 Å². The minimum absolute atomic E-state index is 0.502. The fourth-order valence-electron chi connectivity index (χ4n) is 1.14. The highest BCUT2D eigenvalue weighted by molar-refractivity contribution is 7.98. The zero-order valence-electron chi connectivity index (χ0n) is 8.97. The lowest BCUT2D eigenvalue weighted by molar-refractivity contribution is -0.115. The Morgan fingerprint density at radius 3 is 2.31 bits per heavy atom. The fourth-order valence-corrected chi connectivity index (χ4v) is 1.77. The van der Waals surface area contributed by atoms with Gasteiger partial charge in [0.1, 0.15) is 6.54 Å². The van der Waals surface area contributed by atoms with E-state index in [2.05, 4.69) is 12.2 Å². The smallest absolute Gasteiger partial charge is 0.376 e. The van der Waals surface area contributed by atoms with Crippen molar-refractivity contribution in [3.8, 4) is 0 Å². The maximum Gasteiger partial charge on any atom is 0.405 e. The summed E-state index contributed by atoms with van der Waals surface area (Å²) in [7, 11) is 0. The summed E-state index contributed by atoms with van der Waals surface area (Å²) < 4.78 is 35.8. The quantitative estimate of drug-likeness (QED) is 0.849. The van der Waals surface area contributed by atoms with E-state index >= 15 is 0 Å². The van der Waals surface area contributed by atoms with E-state index in [-0.39, 0.29) is 0 Å². The average molecular weight is 249 g/mol. The van der Waals surface area contributed by atoms with Crippen LogP contribution in [0.2, 0.25) is 0 Å². The molecule has 0 saturated carbocycles. The number of halogens is 3. The number of anilines is 1. The molecule has 1 N–H and O–H groups in total. The summed E-state index contributed by atoms with van der Waals surface area (Å²) in [6.07, 6.45) is -4.17. The summed E-state index contributed by atoms with van der Waals surface area (Å²) >= 11 is 1.78. The van der Waals surface area contributed by atoms with E-state index in [9.17, 15) is 13.2 Å². The predicted molar refractivity (Wildman–Crippen MR) is 62.8 cm³/mol. The van der Waals surface area contributed by atoms with Crippen molar-refractivity contribution >= 4 is 17.4 Å². The minimum Gasteiger partial charge on any atom is -0.376 e. The molecule has 0 spiro atoms. The second-order valence-electron chi connectivity index (χ2n) is 3.30. The van der Waals surface area contributed by atoms with Gasteiger partial charge in [-0.2, -0.15) is 24.9 Å². The highest BCUT2D eigenvalue weighted by Crippen LogP contribution is 2.18. The SMILES string of the molecule is CCSCc1ccc(NCC(F)(F)F)cc1. The molecule has 90 valence electrons. The van der Waals surface area contributed by atoms with Crippen molar-refractivity contribution in [2.75, 3.05) is 17.6 Å². The summed E-state index contributed by atoms with van der Waals surface area (Å²) in [5.74, 6) is 1.93. The number of hydrogen-bond acceptors (Lipinski definition) is 2. The number of thioether (sulfide) groups is 1. The van der Waals surface area contributed by atoms with Gasteiger partial charge in [0.05, 0.1) is 0 Å². The van der Waals surface area contributed by atoms with Crippen LogP contribution in [-0.2, 0) is 5.75 Å². The van der Waals surface area contributed by atoms with Gasteiger partial charge in [-0.15, -0.1) is 0 Å². The second-order valence-corrected chi connectivity index (χ2v) is 4.58. The number of hydrogen-bond donors (Lipinski definition) is 1. The first-order chi connectivity index (χ1) is 7.51. The van der Waals surface area contributed by atoms with Crippen LogP contribution in [-0.4, -0.2) is 18.5 Å². The first-order valence-corrected chi connectivity index (χ1v) is 6.14. The summed E-state index contributed by atoms with van der Waals surface area (Å²) in [6.45, 7) is 1.08. The van der Waals surface area contributed by atoms with E-state index in [1.807, 2.05) is 12.1 Å². The third-order valence-electron chi connectivity index (χ3n) is 1.92. The van der Waals surface area contributed by atoms with Gasteiger partial charge in [-0.3, -0.25) is 0 Å². The zero-order chi connectivity index (χ0) is 12.0. The van der Waals surface area contributed by atoms with Crippen LogP contribution in [0.1, 0.15) is 12.5 Å². The molecule has 0 saturated heterocycles. The lowest BCUT2D eigenvalue weighted by Gasteiger charge is -2.09. The van der Waals surface area contributed by atoms with E-state index in [0.717, 1.165) is 17.1 Å². The van der Waals surface area contributed by atoms with Crippen molar-refractivity contribution in [3.05, 3.63) is 29.8 Å². The average Bonchev–Trinajstić information content (AvgIpc) is 2.24. The summed E-state index contributed by atoms with van der Waals surface area (Å²) in [4.78, 5) is 0. The highest BCUT2D eigenvalue weighted by atomic mass is 32.2. The van der Waals surface area contributed by atoms with Gasteiger partial charge in [-0.1, -0.05) is 19.1 Å². The molecule has 1 nitrogen and oxygen atoms in total. The molecule has 0 aliphatic heterocycles. The molecule has 0 aliphatic rings. The Morgan fingerprint density at radius 2 is 1.81 bits per heavy atom. The van der Waals surface area contributed by atoms with Gasteiger partial charge < -0.3 is 5.32 Å². The Hall–Kier alpha value is -0.840. The van der Waals surface area contributed by atoms with Crippen LogP contribution in [0.15, 0.2) is 24.3 Å². The van der Waals surface area contributed by atoms with Crippen molar-refractivity contribution in [2.45, 2.75) is 18.9 Å². The largest absolute Gasteiger partial charge is 0.405 e. The molecule has 0 aromatic heterocycles. The van der Waals surface area contributed by atoms with Crippen LogP contribution >= 0.6 is 11.8 Å². The molecule has 5 heteroatoms. The van der Waals surface area contributed by atoms with Crippen LogP contribution < -0.4 is 5.32 Å². The molecule has 1 aromatic carbocycles. The number of nitrogens with one attached hydrogen (secondary N) is 1. The van der Waals surface area contributed by atoms with Gasteiger partial charge in [-0.25, -0.2) is 0 Å². The molecular formula is C11H14F3NS. The Labute approximate surface area is 97.4 Å². The van der Waals surface area contributed by atoms with Crippen LogP contribution in [0, 0.1) is 0 Å². The lowest BCUT2D eigenvalue weighted by Crippen LogP contribution is -2.21. The third-order valence-corrected chi connectivity index (χ3v) is 2.87. The lowest BCUT2D eigenvalue weighted by atomic mass is 10.2. The van der Waals surface area contributed by atoms with E-state index in [1.54, 1.807) is 23.9 Å². The molecule has 1 aromatic rings. The van der Waals surface area contributed by atoms with Crippen molar-refractivity contribution in [1.29, 1.82) is 0 Å². The van der Waals surface area contributed by atoms with Crippen molar-refractivity contribution in [1.82, 2.24) is 0 Å². The molecule has 0 atom stereocenters. The Bertz CT molecular complexity index is 308. The fraction of sp³-hybridized carbons (Fsp3) is 0.455. The van der Waals surface area contributed by atoms with Gasteiger partial charge in [0, 0.05) is 11.4 Å². The van der Waals surface area contributed by atoms with Gasteiger partial charge in [-0.05, 0) is 23.4 Å².